The zero-order chi connectivity index (χ0) is 25.0. The van der Waals surface area contributed by atoms with E-state index in [1.807, 2.05) is 0 Å². The van der Waals surface area contributed by atoms with Gasteiger partial charge in [0.15, 0.2) is 0 Å². The molecular weight excluding hydrogens is 470 g/mol. The van der Waals surface area contributed by atoms with Gasteiger partial charge in [0.1, 0.15) is 5.82 Å². The zero-order valence-electron chi connectivity index (χ0n) is 20.4. The first-order valence-electron chi connectivity index (χ1n) is 12.6. The third-order valence-electron chi connectivity index (χ3n) is 7.16. The van der Waals surface area contributed by atoms with Crippen LogP contribution in [0.25, 0.3) is 5.69 Å². The van der Waals surface area contributed by atoms with Gasteiger partial charge in [0.2, 0.25) is 0 Å². The molecule has 2 aliphatic rings. The van der Waals surface area contributed by atoms with Gasteiger partial charge in [0, 0.05) is 13.1 Å². The van der Waals surface area contributed by atoms with E-state index in [0.717, 1.165) is 51.6 Å². The Morgan fingerprint density at radius 2 is 1.83 bits per heavy atom. The largest absolute Gasteiger partial charge is 0.390 e. The summed E-state index contributed by atoms with van der Waals surface area (Å²) >= 11 is 6.31. The minimum absolute atomic E-state index is 0.153. The summed E-state index contributed by atoms with van der Waals surface area (Å²) in [7, 11) is 0. The van der Waals surface area contributed by atoms with Gasteiger partial charge in [0.05, 0.1) is 34.5 Å². The highest BCUT2D eigenvalue weighted by Crippen LogP contribution is 2.27. The number of amides is 1. The molecule has 1 saturated heterocycles. The number of rotatable bonds is 8. The number of hydrogen-bond donors (Lipinski definition) is 3. The number of halogens is 1. The van der Waals surface area contributed by atoms with Gasteiger partial charge in [-0.3, -0.25) is 9.36 Å². The molecule has 0 radical (unpaired) electrons. The number of benzene rings is 1. The average Bonchev–Trinajstić information content (AvgIpc) is 3.36. The van der Waals surface area contributed by atoms with Gasteiger partial charge < -0.3 is 20.4 Å². The average molecular weight is 506 g/mol. The molecule has 3 N–H and O–H groups in total. The van der Waals surface area contributed by atoms with E-state index >= 15 is 0 Å². The molecule has 1 aliphatic heterocycles. The number of carbonyl (C=O) groups is 1. The van der Waals surface area contributed by atoms with E-state index < -0.39 is 17.6 Å². The van der Waals surface area contributed by atoms with Crippen molar-refractivity contribution < 1.29 is 15.0 Å². The van der Waals surface area contributed by atoms with Gasteiger partial charge in [-0.2, -0.15) is 9.78 Å². The number of aryl methyl sites for hydroxylation is 1. The number of aliphatic hydroxyl groups is 2. The van der Waals surface area contributed by atoms with E-state index in [2.05, 4.69) is 15.3 Å². The normalized spacial score (nSPS) is 19.4. The highest BCUT2D eigenvalue weighted by Gasteiger charge is 2.29. The molecule has 35 heavy (non-hydrogen) atoms. The predicted octanol–water partition coefficient (Wildman–Crippen LogP) is 2.27. The second-order valence-electron chi connectivity index (χ2n) is 10.00. The van der Waals surface area contributed by atoms with Crippen LogP contribution in [-0.2, 0) is 6.54 Å². The highest BCUT2D eigenvalue weighted by molar-refractivity contribution is 6.33. The maximum absolute atomic E-state index is 13.1. The highest BCUT2D eigenvalue weighted by atomic mass is 35.5. The molecule has 1 aromatic heterocycles. The summed E-state index contributed by atoms with van der Waals surface area (Å²) in [5.41, 5.74) is -0.661. The lowest BCUT2D eigenvalue weighted by molar-refractivity contribution is 0.0246. The van der Waals surface area contributed by atoms with Crippen LogP contribution < -0.4 is 11.0 Å². The fraction of sp³-hybridized carbons (Fsp3) is 0.640. The van der Waals surface area contributed by atoms with Crippen molar-refractivity contribution >= 4 is 17.5 Å². The van der Waals surface area contributed by atoms with Crippen molar-refractivity contribution in [1.82, 2.24) is 24.6 Å². The second kappa shape index (κ2) is 11.2. The van der Waals surface area contributed by atoms with Crippen molar-refractivity contribution in [1.29, 1.82) is 0 Å². The number of β-amino-alcohol motifs (C(OH)–C–C–N with tert-alkyl or cyclic N) is 1. The molecule has 0 spiro atoms. The van der Waals surface area contributed by atoms with Crippen molar-refractivity contribution in [3.63, 3.8) is 0 Å². The number of carbonyl (C=O) groups excluding carboxylic acids is 1. The lowest BCUT2D eigenvalue weighted by Crippen LogP contribution is -2.42. The maximum Gasteiger partial charge on any atom is 0.350 e. The van der Waals surface area contributed by atoms with Crippen LogP contribution in [0.15, 0.2) is 23.0 Å². The molecule has 4 rings (SSSR count). The fourth-order valence-electron chi connectivity index (χ4n) is 5.13. The Morgan fingerprint density at radius 1 is 1.14 bits per heavy atom. The van der Waals surface area contributed by atoms with Gasteiger partial charge >= 0.3 is 5.69 Å². The molecule has 9 nitrogen and oxygen atoms in total. The van der Waals surface area contributed by atoms with Crippen LogP contribution in [0.5, 0.6) is 0 Å². The van der Waals surface area contributed by atoms with Gasteiger partial charge in [0.25, 0.3) is 5.91 Å². The molecule has 1 saturated carbocycles. The van der Waals surface area contributed by atoms with E-state index in [4.69, 9.17) is 11.6 Å². The first-order chi connectivity index (χ1) is 16.8. The Balaban J connectivity index is 1.48. The van der Waals surface area contributed by atoms with Crippen LogP contribution >= 0.6 is 11.6 Å². The molecule has 192 valence electrons. The number of nitrogens with one attached hydrogen (secondary N) is 1. The van der Waals surface area contributed by atoms with Crippen LogP contribution in [0.2, 0.25) is 5.02 Å². The van der Waals surface area contributed by atoms with Crippen LogP contribution in [-0.4, -0.2) is 73.3 Å². The molecule has 1 atom stereocenters. The Morgan fingerprint density at radius 3 is 2.51 bits per heavy atom. The zero-order valence-corrected chi connectivity index (χ0v) is 21.1. The Hall–Kier alpha value is -2.20. The predicted molar refractivity (Wildman–Crippen MR) is 134 cm³/mol. The lowest BCUT2D eigenvalue weighted by Gasteiger charge is -2.26. The third kappa shape index (κ3) is 6.33. The van der Waals surface area contributed by atoms with Crippen LogP contribution in [0.1, 0.15) is 67.5 Å². The topological polar surface area (TPSA) is 113 Å². The van der Waals surface area contributed by atoms with E-state index in [-0.39, 0.29) is 29.4 Å². The van der Waals surface area contributed by atoms with Crippen molar-refractivity contribution in [3.05, 3.63) is 45.1 Å². The van der Waals surface area contributed by atoms with Crippen LogP contribution in [0, 0.1) is 6.92 Å². The van der Waals surface area contributed by atoms with E-state index in [9.17, 15) is 19.8 Å². The Labute approximate surface area is 210 Å². The fourth-order valence-corrected chi connectivity index (χ4v) is 5.33. The lowest BCUT2D eigenvalue weighted by atomic mass is 9.94. The summed E-state index contributed by atoms with van der Waals surface area (Å²) in [5.74, 6) is 0.0757. The van der Waals surface area contributed by atoms with Gasteiger partial charge in [-0.25, -0.2) is 4.79 Å². The molecular formula is C25H36ClN5O4. The summed E-state index contributed by atoms with van der Waals surface area (Å²) < 4.78 is 2.68. The molecule has 0 bridgehead atoms. The summed E-state index contributed by atoms with van der Waals surface area (Å²) in [6, 6.07) is 4.74. The van der Waals surface area contributed by atoms with Gasteiger partial charge in [-0.05, 0) is 63.9 Å². The van der Waals surface area contributed by atoms with Gasteiger partial charge in [-0.15, -0.1) is 0 Å². The molecule has 2 heterocycles. The van der Waals surface area contributed by atoms with E-state index in [1.165, 1.54) is 15.3 Å². The van der Waals surface area contributed by atoms with Crippen molar-refractivity contribution in [2.75, 3.05) is 26.2 Å². The molecule has 1 amide bonds. The quantitative estimate of drug-likeness (QED) is 0.474. The van der Waals surface area contributed by atoms with Crippen molar-refractivity contribution in [2.45, 2.75) is 76.5 Å². The molecule has 1 aliphatic carbocycles. The summed E-state index contributed by atoms with van der Waals surface area (Å²) in [6.07, 6.45) is 7.00. The Kier molecular flexibility index (Phi) is 8.31. The number of aliphatic hydroxyl groups excluding tert-OH is 1. The number of aromatic nitrogens is 3. The third-order valence-corrected chi connectivity index (χ3v) is 7.49. The van der Waals surface area contributed by atoms with E-state index in [0.29, 0.717) is 30.9 Å². The summed E-state index contributed by atoms with van der Waals surface area (Å²) in [4.78, 5) is 28.2. The number of hydrogen-bond acceptors (Lipinski definition) is 6. The first kappa shape index (κ1) is 25.9. The van der Waals surface area contributed by atoms with Crippen LogP contribution in [0.3, 0.4) is 0 Å². The SMILES string of the molecule is Cc1nn(-c2ccc(Cl)c(C(=O)NCC3(O)CCCCCC3)c2)c(=O)n1CC(O)CN1CCCC1. The van der Waals surface area contributed by atoms with E-state index in [1.54, 1.807) is 19.1 Å². The summed E-state index contributed by atoms with van der Waals surface area (Å²) in [6.45, 7) is 4.50. The Bertz CT molecular complexity index is 1080. The number of nitrogens with zero attached hydrogens (tertiary/aromatic N) is 4. The molecule has 1 unspecified atom stereocenters. The maximum atomic E-state index is 13.1. The van der Waals surface area contributed by atoms with Crippen molar-refractivity contribution in [3.8, 4) is 5.69 Å². The van der Waals surface area contributed by atoms with Crippen molar-refractivity contribution in [2.24, 2.45) is 0 Å². The monoisotopic (exact) mass is 505 g/mol. The minimum Gasteiger partial charge on any atom is -0.390 e. The van der Waals surface area contributed by atoms with Crippen LogP contribution in [0.4, 0.5) is 0 Å². The first-order valence-corrected chi connectivity index (χ1v) is 13.0. The molecule has 10 heteroatoms. The summed E-state index contributed by atoms with van der Waals surface area (Å²) in [5, 5.41) is 28.8. The second-order valence-corrected chi connectivity index (χ2v) is 10.4. The molecule has 2 aromatic rings. The number of likely N-dealkylation sites (tertiary alicyclic amines) is 1. The smallest absolute Gasteiger partial charge is 0.350 e. The molecule has 2 fully saturated rings. The minimum atomic E-state index is -0.904. The van der Waals surface area contributed by atoms with Gasteiger partial charge in [-0.1, -0.05) is 37.3 Å². The standard InChI is InChI=1S/C25H36ClN5O4/c1-18-28-31(24(34)30(18)16-20(32)15-29-12-6-7-13-29)19-8-9-22(26)21(14-19)23(33)27-17-25(35)10-4-2-3-5-11-25/h8-9,14,20,32,35H,2-7,10-13,15-17H2,1H3,(H,27,33). The molecule has 1 aromatic carbocycles.